The fourth-order valence-electron chi connectivity index (χ4n) is 2.50. The first-order valence-electron chi connectivity index (χ1n) is 7.83. The van der Waals surface area contributed by atoms with Gasteiger partial charge in [-0.15, -0.1) is 0 Å². The first-order valence-corrected chi connectivity index (χ1v) is 8.63. The quantitative estimate of drug-likeness (QED) is 0.654. The van der Waals surface area contributed by atoms with Crippen LogP contribution in [0.25, 0.3) is 11.5 Å². The van der Waals surface area contributed by atoms with Crippen LogP contribution in [0.2, 0.25) is 0 Å². The Morgan fingerprint density at radius 3 is 2.65 bits per heavy atom. The van der Waals surface area contributed by atoms with Gasteiger partial charge in [-0.2, -0.15) is 0 Å². The van der Waals surface area contributed by atoms with Crippen molar-refractivity contribution in [3.8, 4) is 11.5 Å². The molecule has 0 aliphatic heterocycles. The highest BCUT2D eigenvalue weighted by Crippen LogP contribution is 2.24. The number of benzene rings is 1. The Morgan fingerprint density at radius 2 is 2.04 bits per heavy atom. The van der Waals surface area contributed by atoms with Gasteiger partial charge in [0, 0.05) is 28.8 Å². The van der Waals surface area contributed by atoms with Crippen LogP contribution in [0, 0.1) is 18.3 Å². The normalized spacial score (nSPS) is 12.3. The second-order valence-corrected chi connectivity index (χ2v) is 6.53. The summed E-state index contributed by atoms with van der Waals surface area (Å²) in [4.78, 5) is 4.60. The maximum Gasteiger partial charge on any atom is 0.226 e. The number of nitrogens with one attached hydrogen (secondary N) is 1. The van der Waals surface area contributed by atoms with E-state index in [0.29, 0.717) is 18.9 Å². The molecule has 0 bridgehead atoms. The lowest BCUT2D eigenvalue weighted by Crippen LogP contribution is -2.18. The second-order valence-electron chi connectivity index (χ2n) is 5.61. The summed E-state index contributed by atoms with van der Waals surface area (Å²) < 4.78 is 12.0. The van der Waals surface area contributed by atoms with Crippen molar-refractivity contribution in [3.63, 3.8) is 0 Å². The first-order chi connectivity index (χ1) is 11.0. The Hall–Kier alpha value is -1.46. The van der Waals surface area contributed by atoms with Gasteiger partial charge in [0.1, 0.15) is 5.76 Å². The third-order valence-electron chi connectivity index (χ3n) is 3.97. The van der Waals surface area contributed by atoms with E-state index in [1.54, 1.807) is 7.11 Å². The van der Waals surface area contributed by atoms with Crippen LogP contribution in [-0.2, 0) is 11.2 Å². The van der Waals surface area contributed by atoms with Gasteiger partial charge < -0.3 is 14.6 Å². The van der Waals surface area contributed by atoms with Crippen molar-refractivity contribution in [2.24, 2.45) is 5.92 Å². The van der Waals surface area contributed by atoms with E-state index in [1.807, 2.05) is 31.2 Å². The van der Waals surface area contributed by atoms with Crippen LogP contribution in [0.4, 0.5) is 0 Å². The van der Waals surface area contributed by atoms with Gasteiger partial charge in [-0.25, -0.2) is 4.98 Å². The monoisotopic (exact) mass is 378 g/mol. The minimum atomic E-state index is 0.193. The summed E-state index contributed by atoms with van der Waals surface area (Å²) in [5.41, 5.74) is 2.62. The molecule has 1 aromatic heterocycles. The largest absolute Gasteiger partial charge is 0.441 e. The summed E-state index contributed by atoms with van der Waals surface area (Å²) in [5.74, 6) is 1.66. The molecular weight excluding hydrogens is 356 g/mol. The van der Waals surface area contributed by atoms with E-state index in [-0.39, 0.29) is 5.92 Å². The molecule has 0 radical (unpaired) electrons. The zero-order chi connectivity index (χ0) is 16.8. The van der Waals surface area contributed by atoms with Crippen LogP contribution in [-0.4, -0.2) is 24.4 Å². The molecule has 1 N–H and O–H groups in total. The number of aromatic nitrogens is 1. The predicted molar refractivity (Wildman–Crippen MR) is 96.1 cm³/mol. The Labute approximate surface area is 145 Å². The van der Waals surface area contributed by atoms with Crippen molar-refractivity contribution in [1.29, 1.82) is 5.41 Å². The number of methoxy groups -OCH3 is 1. The fraction of sp³-hybridized carbons (Fsp3) is 0.444. The smallest absolute Gasteiger partial charge is 0.226 e. The summed E-state index contributed by atoms with van der Waals surface area (Å²) in [7, 11) is 1.68. The van der Waals surface area contributed by atoms with Crippen LogP contribution in [0.5, 0.6) is 0 Å². The summed E-state index contributed by atoms with van der Waals surface area (Å²) in [6, 6.07) is 7.90. The molecule has 0 unspecified atom stereocenters. The lowest BCUT2D eigenvalue weighted by Gasteiger charge is -2.14. The molecule has 23 heavy (non-hydrogen) atoms. The highest BCUT2D eigenvalue weighted by Gasteiger charge is 2.16. The van der Waals surface area contributed by atoms with Crippen LogP contribution in [0.3, 0.4) is 0 Å². The van der Waals surface area contributed by atoms with Crippen LogP contribution in [0.15, 0.2) is 33.2 Å². The summed E-state index contributed by atoms with van der Waals surface area (Å²) in [6.07, 6.45) is 2.34. The van der Waals surface area contributed by atoms with Gasteiger partial charge in [-0.1, -0.05) is 22.9 Å². The van der Waals surface area contributed by atoms with Gasteiger partial charge in [0.15, 0.2) is 0 Å². The molecule has 1 aromatic carbocycles. The van der Waals surface area contributed by atoms with E-state index in [2.05, 4.69) is 27.8 Å². The molecule has 4 nitrogen and oxygen atoms in total. The van der Waals surface area contributed by atoms with E-state index in [9.17, 15) is 0 Å². The van der Waals surface area contributed by atoms with Crippen molar-refractivity contribution in [1.82, 2.24) is 4.98 Å². The molecule has 1 heterocycles. The molecular formula is C18H23BrN2O2. The first kappa shape index (κ1) is 17.9. The van der Waals surface area contributed by atoms with Crippen molar-refractivity contribution >= 4 is 21.6 Å². The molecule has 5 heteroatoms. The van der Waals surface area contributed by atoms with Crippen LogP contribution < -0.4 is 0 Å². The van der Waals surface area contributed by atoms with Gasteiger partial charge in [0.2, 0.25) is 5.89 Å². The number of aryl methyl sites for hydroxylation is 2. The summed E-state index contributed by atoms with van der Waals surface area (Å²) >= 11 is 3.43. The average Bonchev–Trinajstić information content (AvgIpc) is 2.92. The zero-order valence-electron chi connectivity index (χ0n) is 13.9. The van der Waals surface area contributed by atoms with Crippen molar-refractivity contribution in [3.05, 3.63) is 40.2 Å². The van der Waals surface area contributed by atoms with E-state index in [0.717, 1.165) is 40.0 Å². The van der Waals surface area contributed by atoms with Crippen LogP contribution in [0.1, 0.15) is 31.2 Å². The summed E-state index contributed by atoms with van der Waals surface area (Å²) in [5, 5.41) is 8.22. The van der Waals surface area contributed by atoms with E-state index in [1.165, 1.54) is 0 Å². The number of hydrogen-bond donors (Lipinski definition) is 1. The molecule has 0 aliphatic rings. The molecule has 2 aromatic rings. The number of ether oxygens (including phenoxy) is 1. The summed E-state index contributed by atoms with van der Waals surface area (Å²) in [6.45, 7) is 4.63. The Kier molecular flexibility index (Phi) is 6.54. The fourth-order valence-corrected chi connectivity index (χ4v) is 2.76. The van der Waals surface area contributed by atoms with Crippen molar-refractivity contribution < 1.29 is 9.15 Å². The average molecular weight is 379 g/mol. The SMILES string of the molecule is CC[C@@H](COC)C(=N)CCc1nc(-c2ccc(Br)cc2)oc1C. The lowest BCUT2D eigenvalue weighted by molar-refractivity contribution is 0.173. The topological polar surface area (TPSA) is 59.1 Å². The van der Waals surface area contributed by atoms with Gasteiger partial charge in [-0.05, 0) is 50.5 Å². The number of halogens is 1. The van der Waals surface area contributed by atoms with Gasteiger partial charge >= 0.3 is 0 Å². The second kappa shape index (κ2) is 8.41. The van der Waals surface area contributed by atoms with Crippen LogP contribution >= 0.6 is 15.9 Å². The number of rotatable bonds is 8. The molecule has 0 saturated heterocycles. The van der Waals surface area contributed by atoms with Crippen molar-refractivity contribution in [2.75, 3.05) is 13.7 Å². The highest BCUT2D eigenvalue weighted by molar-refractivity contribution is 9.10. The maximum absolute atomic E-state index is 8.22. The van der Waals surface area contributed by atoms with Crippen molar-refractivity contribution in [2.45, 2.75) is 33.1 Å². The molecule has 1 atom stereocenters. The standard InChI is InChI=1S/C18H23BrN2O2/c1-4-13(11-22-3)16(20)9-10-17-12(2)23-18(21-17)14-5-7-15(19)8-6-14/h5-8,13,20H,4,9-11H2,1-3H3/t13-/m0/s1. The number of hydrogen-bond acceptors (Lipinski definition) is 4. The van der Waals surface area contributed by atoms with Gasteiger partial charge in [-0.3, -0.25) is 0 Å². The number of oxazole rings is 1. The van der Waals surface area contributed by atoms with E-state index >= 15 is 0 Å². The zero-order valence-corrected chi connectivity index (χ0v) is 15.4. The Balaban J connectivity index is 2.04. The van der Waals surface area contributed by atoms with Gasteiger partial charge in [0.25, 0.3) is 0 Å². The van der Waals surface area contributed by atoms with Gasteiger partial charge in [0.05, 0.1) is 12.3 Å². The highest BCUT2D eigenvalue weighted by atomic mass is 79.9. The third kappa shape index (κ3) is 4.75. The molecule has 0 fully saturated rings. The Bertz CT molecular complexity index is 650. The minimum Gasteiger partial charge on any atom is -0.441 e. The molecule has 2 rings (SSSR count). The molecule has 0 aliphatic carbocycles. The van der Waals surface area contributed by atoms with E-state index < -0.39 is 0 Å². The third-order valence-corrected chi connectivity index (χ3v) is 4.50. The molecule has 124 valence electrons. The molecule has 0 amide bonds. The lowest BCUT2D eigenvalue weighted by atomic mass is 9.97. The maximum atomic E-state index is 8.22. The number of nitrogens with zero attached hydrogens (tertiary/aromatic N) is 1. The van der Waals surface area contributed by atoms with E-state index in [4.69, 9.17) is 14.6 Å². The minimum absolute atomic E-state index is 0.193. The Morgan fingerprint density at radius 1 is 1.35 bits per heavy atom. The molecule has 0 saturated carbocycles. The predicted octanol–water partition coefficient (Wildman–Crippen LogP) is 5.04. The molecule has 0 spiro atoms.